The Hall–Kier alpha value is -2.51. The zero-order valence-corrected chi connectivity index (χ0v) is 13.9. The van der Waals surface area contributed by atoms with Gasteiger partial charge in [-0.1, -0.05) is 35.6 Å². The summed E-state index contributed by atoms with van der Waals surface area (Å²) in [7, 11) is 0. The summed E-state index contributed by atoms with van der Waals surface area (Å²) in [5.41, 5.74) is 3.22. The van der Waals surface area contributed by atoms with E-state index in [9.17, 15) is 4.79 Å². The van der Waals surface area contributed by atoms with Crippen LogP contribution in [0.2, 0.25) is 0 Å². The average Bonchev–Trinajstić information content (AvgIpc) is 3.23. The number of carbonyl (C=O) groups is 1. The smallest absolute Gasteiger partial charge is 0.235 e. The van der Waals surface area contributed by atoms with Crippen LogP contribution in [-0.4, -0.2) is 22.6 Å². The highest BCUT2D eigenvalue weighted by molar-refractivity contribution is 7.18. The second kappa shape index (κ2) is 6.18. The van der Waals surface area contributed by atoms with Gasteiger partial charge in [-0.3, -0.25) is 10.1 Å². The quantitative estimate of drug-likeness (QED) is 0.766. The lowest BCUT2D eigenvalue weighted by Crippen LogP contribution is -2.35. The van der Waals surface area contributed by atoms with Crippen molar-refractivity contribution < 1.29 is 9.21 Å². The van der Waals surface area contributed by atoms with Gasteiger partial charge in [-0.15, -0.1) is 10.2 Å². The summed E-state index contributed by atoms with van der Waals surface area (Å²) in [6.45, 7) is 3.36. The number of rotatable bonds is 3. The summed E-state index contributed by atoms with van der Waals surface area (Å²) in [5, 5.41) is 15.5. The van der Waals surface area contributed by atoms with Gasteiger partial charge in [0.2, 0.25) is 11.0 Å². The fourth-order valence-electron chi connectivity index (χ4n) is 2.88. The van der Waals surface area contributed by atoms with Gasteiger partial charge in [-0.2, -0.15) is 0 Å². The van der Waals surface area contributed by atoms with Crippen LogP contribution in [0.25, 0.3) is 10.8 Å². The molecule has 0 aliphatic carbocycles. The van der Waals surface area contributed by atoms with E-state index in [0.717, 1.165) is 23.2 Å². The van der Waals surface area contributed by atoms with Crippen LogP contribution in [-0.2, 0) is 11.3 Å². The van der Waals surface area contributed by atoms with Crippen LogP contribution in [0, 0.1) is 6.92 Å². The SMILES string of the molecule is Cc1ccoc1-c1nnc(NC(=O)C2CNCc3ccccc32)s1. The maximum atomic E-state index is 12.7. The van der Waals surface area contributed by atoms with Gasteiger partial charge in [0.05, 0.1) is 12.2 Å². The molecule has 0 radical (unpaired) electrons. The average molecular weight is 340 g/mol. The van der Waals surface area contributed by atoms with Gasteiger partial charge in [0.25, 0.3) is 0 Å². The van der Waals surface area contributed by atoms with E-state index in [-0.39, 0.29) is 11.8 Å². The number of fused-ring (bicyclic) bond motifs is 1. The number of hydrogen-bond donors (Lipinski definition) is 2. The third kappa shape index (κ3) is 2.72. The number of anilines is 1. The number of amides is 1. The number of benzene rings is 1. The first-order valence-corrected chi connectivity index (χ1v) is 8.51. The third-order valence-electron chi connectivity index (χ3n) is 4.12. The lowest BCUT2D eigenvalue weighted by Gasteiger charge is -2.25. The molecule has 1 amide bonds. The van der Waals surface area contributed by atoms with E-state index < -0.39 is 0 Å². The van der Waals surface area contributed by atoms with Gasteiger partial charge in [-0.05, 0) is 29.7 Å². The van der Waals surface area contributed by atoms with Crippen molar-refractivity contribution in [1.29, 1.82) is 0 Å². The van der Waals surface area contributed by atoms with E-state index >= 15 is 0 Å². The van der Waals surface area contributed by atoms with Gasteiger partial charge in [0.15, 0.2) is 10.8 Å². The summed E-state index contributed by atoms with van der Waals surface area (Å²) in [6, 6.07) is 9.89. The van der Waals surface area contributed by atoms with E-state index in [1.807, 2.05) is 37.3 Å². The maximum Gasteiger partial charge on any atom is 0.235 e. The Kier molecular flexibility index (Phi) is 3.87. The molecule has 3 heterocycles. The Morgan fingerprint density at radius 2 is 2.21 bits per heavy atom. The molecule has 1 unspecified atom stereocenters. The van der Waals surface area contributed by atoms with Crippen molar-refractivity contribution in [2.75, 3.05) is 11.9 Å². The molecule has 0 spiro atoms. The minimum atomic E-state index is -0.229. The summed E-state index contributed by atoms with van der Waals surface area (Å²) in [4.78, 5) is 12.7. The van der Waals surface area contributed by atoms with Crippen LogP contribution in [0.4, 0.5) is 5.13 Å². The summed E-state index contributed by atoms with van der Waals surface area (Å²) < 4.78 is 5.42. The number of nitrogens with one attached hydrogen (secondary N) is 2. The molecular formula is C17H16N4O2S. The molecule has 3 aromatic rings. The highest BCUT2D eigenvalue weighted by Crippen LogP contribution is 2.31. The molecule has 1 aromatic carbocycles. The zero-order valence-electron chi connectivity index (χ0n) is 13.1. The summed E-state index contributed by atoms with van der Waals surface area (Å²) in [6.07, 6.45) is 1.62. The highest BCUT2D eigenvalue weighted by Gasteiger charge is 2.27. The standard InChI is InChI=1S/C17H16N4O2S/c1-10-6-7-23-14(10)16-20-21-17(24-16)19-15(22)13-9-18-8-11-4-2-3-5-12(11)13/h2-7,13,18H,8-9H2,1H3,(H,19,21,22). The number of nitrogens with zero attached hydrogens (tertiary/aromatic N) is 2. The van der Waals surface area contributed by atoms with Crippen molar-refractivity contribution in [3.05, 3.63) is 53.3 Å². The molecule has 4 rings (SSSR count). The number of carbonyl (C=O) groups excluding carboxylic acids is 1. The van der Waals surface area contributed by atoms with Gasteiger partial charge in [0.1, 0.15) is 0 Å². The van der Waals surface area contributed by atoms with Gasteiger partial charge >= 0.3 is 0 Å². The van der Waals surface area contributed by atoms with Crippen LogP contribution in [0.3, 0.4) is 0 Å². The first-order valence-electron chi connectivity index (χ1n) is 7.70. The Bertz CT molecular complexity index is 886. The molecule has 0 bridgehead atoms. The van der Waals surface area contributed by atoms with Gasteiger partial charge in [-0.25, -0.2) is 0 Å². The second-order valence-electron chi connectivity index (χ2n) is 5.72. The molecule has 1 aliphatic heterocycles. The minimum absolute atomic E-state index is 0.0754. The second-order valence-corrected chi connectivity index (χ2v) is 6.69. The Morgan fingerprint density at radius 1 is 1.33 bits per heavy atom. The van der Waals surface area contributed by atoms with Crippen LogP contribution in [0.1, 0.15) is 22.6 Å². The van der Waals surface area contributed by atoms with Crippen molar-refractivity contribution >= 4 is 22.4 Å². The predicted octanol–water partition coefficient (Wildman–Crippen LogP) is 2.93. The molecule has 7 heteroatoms. The fraction of sp³-hybridized carbons (Fsp3) is 0.235. The molecule has 0 fully saturated rings. The maximum absolute atomic E-state index is 12.7. The first kappa shape index (κ1) is 15.0. The molecule has 24 heavy (non-hydrogen) atoms. The number of hydrogen-bond acceptors (Lipinski definition) is 6. The third-order valence-corrected chi connectivity index (χ3v) is 4.96. The molecule has 2 aromatic heterocycles. The highest BCUT2D eigenvalue weighted by atomic mass is 32.1. The number of aromatic nitrogens is 2. The van der Waals surface area contributed by atoms with Crippen LogP contribution in [0.5, 0.6) is 0 Å². The lowest BCUT2D eigenvalue weighted by molar-refractivity contribution is -0.117. The molecule has 2 N–H and O–H groups in total. The Labute approximate surface area is 142 Å². The Balaban J connectivity index is 1.54. The number of furan rings is 1. The summed E-state index contributed by atoms with van der Waals surface area (Å²) in [5.74, 6) is 0.388. The molecule has 122 valence electrons. The van der Waals surface area contributed by atoms with E-state index in [2.05, 4.69) is 20.8 Å². The van der Waals surface area contributed by atoms with Crippen molar-refractivity contribution in [3.8, 4) is 10.8 Å². The van der Waals surface area contributed by atoms with Crippen LogP contribution < -0.4 is 10.6 Å². The van der Waals surface area contributed by atoms with Gasteiger partial charge in [0, 0.05) is 13.1 Å². The molecule has 1 aliphatic rings. The van der Waals surface area contributed by atoms with Crippen molar-refractivity contribution in [2.24, 2.45) is 0 Å². The molecule has 1 atom stereocenters. The van der Waals surface area contributed by atoms with E-state index in [0.29, 0.717) is 22.4 Å². The molecule has 6 nitrogen and oxygen atoms in total. The van der Waals surface area contributed by atoms with Crippen LogP contribution in [0.15, 0.2) is 41.0 Å². The topological polar surface area (TPSA) is 80.1 Å². The van der Waals surface area contributed by atoms with Gasteiger partial charge < -0.3 is 9.73 Å². The van der Waals surface area contributed by atoms with Crippen molar-refractivity contribution in [1.82, 2.24) is 15.5 Å². The zero-order chi connectivity index (χ0) is 16.5. The van der Waals surface area contributed by atoms with Crippen LogP contribution >= 0.6 is 11.3 Å². The summed E-state index contributed by atoms with van der Waals surface area (Å²) >= 11 is 1.31. The molecule has 0 saturated carbocycles. The van der Waals surface area contributed by atoms with E-state index in [1.54, 1.807) is 6.26 Å². The Morgan fingerprint density at radius 3 is 3.04 bits per heavy atom. The van der Waals surface area contributed by atoms with E-state index in [4.69, 9.17) is 4.42 Å². The predicted molar refractivity (Wildman–Crippen MR) is 91.9 cm³/mol. The largest absolute Gasteiger partial charge is 0.461 e. The molecular weight excluding hydrogens is 324 g/mol. The van der Waals surface area contributed by atoms with Crippen molar-refractivity contribution in [3.63, 3.8) is 0 Å². The van der Waals surface area contributed by atoms with E-state index in [1.165, 1.54) is 11.3 Å². The lowest BCUT2D eigenvalue weighted by atomic mass is 9.90. The molecule has 0 saturated heterocycles. The number of aryl methyl sites for hydroxylation is 1. The first-order chi connectivity index (χ1) is 11.7. The monoisotopic (exact) mass is 340 g/mol. The fourth-order valence-corrected chi connectivity index (χ4v) is 3.68. The van der Waals surface area contributed by atoms with Crippen molar-refractivity contribution in [2.45, 2.75) is 19.4 Å². The normalized spacial score (nSPS) is 16.6. The minimum Gasteiger partial charge on any atom is -0.461 e.